The number of hydrogen-bond acceptors (Lipinski definition) is 4. The van der Waals surface area contributed by atoms with E-state index in [0.29, 0.717) is 11.5 Å². The minimum Gasteiger partial charge on any atom is -0.507 e. The molecule has 1 unspecified atom stereocenters. The minimum atomic E-state index is -0.329. The van der Waals surface area contributed by atoms with E-state index >= 15 is 0 Å². The van der Waals surface area contributed by atoms with Crippen molar-refractivity contribution in [1.82, 2.24) is 5.32 Å². The molecule has 0 fully saturated rings. The summed E-state index contributed by atoms with van der Waals surface area (Å²) in [6, 6.07) is 10.2. The molecule has 0 aliphatic heterocycles. The van der Waals surface area contributed by atoms with E-state index in [9.17, 15) is 9.90 Å². The van der Waals surface area contributed by atoms with Crippen LogP contribution in [0, 0.1) is 6.92 Å². The highest BCUT2D eigenvalue weighted by Crippen LogP contribution is 2.30. The molecule has 0 saturated carbocycles. The van der Waals surface area contributed by atoms with Gasteiger partial charge in [0.1, 0.15) is 5.75 Å². The first-order valence-corrected chi connectivity index (χ1v) is 7.28. The van der Waals surface area contributed by atoms with Gasteiger partial charge >= 0.3 is 0 Å². The van der Waals surface area contributed by atoms with Gasteiger partial charge in [-0.05, 0) is 49.2 Å². The molecule has 0 radical (unpaired) electrons. The van der Waals surface area contributed by atoms with Crippen LogP contribution in [0.1, 0.15) is 34.5 Å². The van der Waals surface area contributed by atoms with E-state index in [0.717, 1.165) is 11.1 Å². The van der Waals surface area contributed by atoms with Crippen LogP contribution < -0.4 is 14.8 Å². The number of amides is 1. The van der Waals surface area contributed by atoms with Crippen molar-refractivity contribution in [3.63, 3.8) is 0 Å². The maximum atomic E-state index is 12.3. The molecule has 0 heterocycles. The molecule has 2 N–H and O–H groups in total. The first kappa shape index (κ1) is 16.7. The summed E-state index contributed by atoms with van der Waals surface area (Å²) in [5.74, 6) is 0.877. The lowest BCUT2D eigenvalue weighted by molar-refractivity contribution is 0.0937. The molecule has 1 amide bonds. The van der Waals surface area contributed by atoms with Crippen LogP contribution in [0.25, 0.3) is 0 Å². The first-order chi connectivity index (χ1) is 11.0. The molecule has 2 aromatic rings. The third kappa shape index (κ3) is 3.74. The first-order valence-electron chi connectivity index (χ1n) is 7.28. The van der Waals surface area contributed by atoms with Crippen molar-refractivity contribution in [3.05, 3.63) is 53.1 Å². The highest BCUT2D eigenvalue weighted by molar-refractivity contribution is 5.97. The second kappa shape index (κ2) is 7.05. The van der Waals surface area contributed by atoms with Gasteiger partial charge in [-0.2, -0.15) is 0 Å². The van der Waals surface area contributed by atoms with Crippen LogP contribution in [0.3, 0.4) is 0 Å². The van der Waals surface area contributed by atoms with E-state index in [-0.39, 0.29) is 23.3 Å². The zero-order valence-corrected chi connectivity index (χ0v) is 13.7. The van der Waals surface area contributed by atoms with Crippen LogP contribution in [0.15, 0.2) is 36.4 Å². The Kier molecular flexibility index (Phi) is 5.11. The van der Waals surface area contributed by atoms with E-state index in [2.05, 4.69) is 5.32 Å². The summed E-state index contributed by atoms with van der Waals surface area (Å²) in [6.07, 6.45) is 0. The zero-order chi connectivity index (χ0) is 17.0. The molecule has 5 nitrogen and oxygen atoms in total. The van der Waals surface area contributed by atoms with Crippen LogP contribution in [-0.2, 0) is 0 Å². The largest absolute Gasteiger partial charge is 0.507 e. The van der Waals surface area contributed by atoms with Crippen molar-refractivity contribution in [2.24, 2.45) is 0 Å². The van der Waals surface area contributed by atoms with Gasteiger partial charge in [0, 0.05) is 0 Å². The summed E-state index contributed by atoms with van der Waals surface area (Å²) < 4.78 is 10.5. The van der Waals surface area contributed by atoms with Crippen molar-refractivity contribution < 1.29 is 19.4 Å². The number of phenols is 1. The minimum absolute atomic E-state index is 0.0259. The molecule has 2 rings (SSSR count). The Morgan fingerprint density at radius 1 is 1.09 bits per heavy atom. The molecular formula is C18H21NO4. The monoisotopic (exact) mass is 315 g/mol. The lowest BCUT2D eigenvalue weighted by atomic mass is 10.1. The highest BCUT2D eigenvalue weighted by atomic mass is 16.5. The summed E-state index contributed by atoms with van der Waals surface area (Å²) >= 11 is 0. The van der Waals surface area contributed by atoms with Crippen LogP contribution in [0.2, 0.25) is 0 Å². The predicted octanol–water partition coefficient (Wildman–Crippen LogP) is 3.21. The van der Waals surface area contributed by atoms with Gasteiger partial charge in [0.15, 0.2) is 11.5 Å². The van der Waals surface area contributed by atoms with Gasteiger partial charge in [-0.3, -0.25) is 4.79 Å². The number of carbonyl (C=O) groups excluding carboxylic acids is 1. The summed E-state index contributed by atoms with van der Waals surface area (Å²) in [5, 5.41) is 12.8. The Balaban J connectivity index is 2.18. The molecule has 1 atom stereocenters. The second-order valence-corrected chi connectivity index (χ2v) is 5.33. The lowest BCUT2D eigenvalue weighted by Crippen LogP contribution is -2.26. The van der Waals surface area contributed by atoms with Crippen molar-refractivity contribution in [2.45, 2.75) is 19.9 Å². The SMILES string of the molecule is COc1ccc(C(C)NC(=O)c2ccc(C)cc2O)cc1OC. The third-order valence-corrected chi connectivity index (χ3v) is 3.65. The van der Waals surface area contributed by atoms with Crippen LogP contribution >= 0.6 is 0 Å². The van der Waals surface area contributed by atoms with Crippen molar-refractivity contribution in [2.75, 3.05) is 14.2 Å². The predicted molar refractivity (Wildman–Crippen MR) is 88.3 cm³/mol. The maximum Gasteiger partial charge on any atom is 0.255 e. The van der Waals surface area contributed by atoms with E-state index in [1.54, 1.807) is 38.5 Å². The fourth-order valence-corrected chi connectivity index (χ4v) is 2.31. The van der Waals surface area contributed by atoms with E-state index in [4.69, 9.17) is 9.47 Å². The molecule has 0 aliphatic rings. The Labute approximate surface area is 135 Å². The van der Waals surface area contributed by atoms with Gasteiger partial charge in [-0.1, -0.05) is 12.1 Å². The van der Waals surface area contributed by atoms with Gasteiger partial charge in [0.05, 0.1) is 25.8 Å². The third-order valence-electron chi connectivity index (χ3n) is 3.65. The Hall–Kier alpha value is -2.69. The van der Waals surface area contributed by atoms with Crippen LogP contribution in [0.4, 0.5) is 0 Å². The number of aromatic hydroxyl groups is 1. The summed E-state index contributed by atoms with van der Waals surface area (Å²) in [7, 11) is 3.14. The number of carbonyl (C=O) groups is 1. The smallest absolute Gasteiger partial charge is 0.255 e. The molecule has 0 bridgehead atoms. The summed E-state index contributed by atoms with van der Waals surface area (Å²) in [4.78, 5) is 12.3. The topological polar surface area (TPSA) is 67.8 Å². The Morgan fingerprint density at radius 3 is 2.39 bits per heavy atom. The average molecular weight is 315 g/mol. The molecule has 23 heavy (non-hydrogen) atoms. The normalized spacial score (nSPS) is 11.7. The van der Waals surface area contributed by atoms with Crippen molar-refractivity contribution in [3.8, 4) is 17.2 Å². The van der Waals surface area contributed by atoms with Gasteiger partial charge < -0.3 is 19.9 Å². The Bertz CT molecular complexity index is 712. The van der Waals surface area contributed by atoms with Crippen molar-refractivity contribution in [1.29, 1.82) is 0 Å². The van der Waals surface area contributed by atoms with Crippen molar-refractivity contribution >= 4 is 5.91 Å². The highest BCUT2D eigenvalue weighted by Gasteiger charge is 2.16. The van der Waals surface area contributed by atoms with E-state index < -0.39 is 0 Å². The molecule has 0 saturated heterocycles. The van der Waals surface area contributed by atoms with Gasteiger partial charge in [0.25, 0.3) is 5.91 Å². The Morgan fingerprint density at radius 2 is 1.78 bits per heavy atom. The van der Waals surface area contributed by atoms with Gasteiger partial charge in [-0.25, -0.2) is 0 Å². The molecule has 0 aliphatic carbocycles. The number of aryl methyl sites for hydroxylation is 1. The summed E-state index contributed by atoms with van der Waals surface area (Å²) in [6.45, 7) is 3.72. The summed E-state index contributed by atoms with van der Waals surface area (Å²) in [5.41, 5.74) is 2.03. The number of hydrogen-bond donors (Lipinski definition) is 2. The van der Waals surface area contributed by atoms with E-state index in [1.165, 1.54) is 0 Å². The molecule has 0 aromatic heterocycles. The zero-order valence-electron chi connectivity index (χ0n) is 13.7. The van der Waals surface area contributed by atoms with Crippen LogP contribution in [0.5, 0.6) is 17.2 Å². The number of ether oxygens (including phenoxy) is 2. The number of nitrogens with one attached hydrogen (secondary N) is 1. The fourth-order valence-electron chi connectivity index (χ4n) is 2.31. The number of phenolic OH excluding ortho intramolecular Hbond substituents is 1. The second-order valence-electron chi connectivity index (χ2n) is 5.33. The fraction of sp³-hybridized carbons (Fsp3) is 0.278. The molecule has 5 heteroatoms. The van der Waals surface area contributed by atoms with Crippen LogP contribution in [-0.4, -0.2) is 25.2 Å². The van der Waals surface area contributed by atoms with E-state index in [1.807, 2.05) is 26.0 Å². The lowest BCUT2D eigenvalue weighted by Gasteiger charge is -2.17. The molecular weight excluding hydrogens is 294 g/mol. The number of rotatable bonds is 5. The number of methoxy groups -OCH3 is 2. The number of benzene rings is 2. The maximum absolute atomic E-state index is 12.3. The van der Waals surface area contributed by atoms with Gasteiger partial charge in [-0.15, -0.1) is 0 Å². The quantitative estimate of drug-likeness (QED) is 0.889. The average Bonchev–Trinajstić information content (AvgIpc) is 2.53. The molecule has 0 spiro atoms. The standard InChI is InChI=1S/C18H21NO4/c1-11-5-7-14(15(20)9-11)18(21)19-12(2)13-6-8-16(22-3)17(10-13)23-4/h5-10,12,20H,1-4H3,(H,19,21). The molecule has 2 aromatic carbocycles. The molecule has 122 valence electrons. The van der Waals surface area contributed by atoms with Gasteiger partial charge in [0.2, 0.25) is 0 Å².